The van der Waals surface area contributed by atoms with Crippen LogP contribution in [0.5, 0.6) is 0 Å². The summed E-state index contributed by atoms with van der Waals surface area (Å²) in [6, 6.07) is 0. The second kappa shape index (κ2) is 62.7. The molecule has 4 saturated heterocycles. The van der Waals surface area contributed by atoms with E-state index < -0.39 is 0 Å². The van der Waals surface area contributed by atoms with Gasteiger partial charge in [0.2, 0.25) is 0 Å². The van der Waals surface area contributed by atoms with Gasteiger partial charge in [-0.1, -0.05) is 50.5 Å². The standard InChI is InChI=1S/C10H22S6.C4H8S4.C3H4S4.C2H6S.CH4S2.3CH4S.4CH4.3Sn/c1-4-11-7-14-10(15-8-12-5-2)16-9-13-6-3;1-5-2-7-4-8-3-6-1;1-4-3(5-1)6-2-7-3;1-2-3;2-1-3;3*1-2;;;;;;;/h10H,4-9H2,1-3H3;1-4H2;1-2H2;3H,2H2,1H3;2-3H,1H2;3*2H,1H3;4*1H4;;;/q;;;;;;;;;;;;3*+2/p-6. The van der Waals surface area contributed by atoms with Crippen LogP contribution in [0, 0.1) is 0 Å². The Bertz CT molecular complexity index is 484. The Hall–Kier alpha value is 9.40. The molecule has 0 saturated carbocycles. The van der Waals surface area contributed by atoms with Gasteiger partial charge in [-0.15, -0.1) is 129 Å². The fourth-order valence-corrected chi connectivity index (χ4v) is 38.6. The minimum atomic E-state index is 0. The maximum atomic E-state index is 2.24. The van der Waals surface area contributed by atoms with Gasteiger partial charge in [0.25, 0.3) is 0 Å². The Kier molecular flexibility index (Phi) is 89.1. The number of hydrogen-bond acceptors (Lipinski definition) is 20. The summed E-state index contributed by atoms with van der Waals surface area (Å²) < 4.78 is 1.34. The molecule has 0 nitrogen and oxygen atoms in total. The Labute approximate surface area is 421 Å². The molecule has 6 radical (unpaired) electrons. The molecule has 4 aliphatic rings. The van der Waals surface area contributed by atoms with Gasteiger partial charge < -0.3 is 0 Å². The van der Waals surface area contributed by atoms with Gasteiger partial charge in [-0.3, -0.25) is 0 Å². The van der Waals surface area contributed by atoms with E-state index in [2.05, 4.69) is 165 Å². The fourth-order valence-electron chi connectivity index (χ4n) is 1.81. The van der Waals surface area contributed by atoms with Gasteiger partial charge in [-0.2, -0.15) is 35.3 Å². The maximum absolute atomic E-state index is 2.24. The van der Waals surface area contributed by atoms with Crippen molar-refractivity contribution in [2.75, 3.05) is 92.6 Å². The third kappa shape index (κ3) is 55.4. The Morgan fingerprint density at radius 1 is 0.520 bits per heavy atom. The van der Waals surface area contributed by atoms with Crippen molar-refractivity contribution in [3.63, 3.8) is 0 Å². The van der Waals surface area contributed by atoms with Crippen molar-refractivity contribution >= 4 is 273 Å². The van der Waals surface area contributed by atoms with Gasteiger partial charge in [-0.05, 0) is 17.3 Å². The molecule has 0 aromatic rings. The molecular weight excluding hydrogens is 1320 g/mol. The molecule has 0 bridgehead atoms. The van der Waals surface area contributed by atoms with Crippen molar-refractivity contribution in [3.05, 3.63) is 0 Å². The average Bonchev–Trinajstić information content (AvgIpc) is 2.95. The third-order valence-electron chi connectivity index (χ3n) is 3.77. The van der Waals surface area contributed by atoms with Crippen LogP contribution in [0.15, 0.2) is 0 Å². The van der Waals surface area contributed by atoms with Crippen LogP contribution in [0.2, 0.25) is 0 Å². The zero-order valence-corrected chi connectivity index (χ0v) is 52.5. The number of rotatable bonds is 17. The van der Waals surface area contributed by atoms with E-state index in [1.807, 2.05) is 100 Å². The molecule has 23 heteroatoms. The summed E-state index contributed by atoms with van der Waals surface area (Å²) in [5.41, 5.74) is 0. The molecule has 0 unspecified atom stereocenters. The fraction of sp³-hybridized carbons (Fsp3) is 1.00. The predicted octanol–water partition coefficient (Wildman–Crippen LogP) is 17.2. The average molecular weight is 1390 g/mol. The normalized spacial score (nSPS) is 16.1. The predicted molar refractivity (Wildman–Crippen MR) is 311 cm³/mol. The van der Waals surface area contributed by atoms with Gasteiger partial charge in [-0.25, -0.2) is 0 Å². The summed E-state index contributed by atoms with van der Waals surface area (Å²) in [7, 11) is 12.6. The minimum absolute atomic E-state index is 0. The first kappa shape index (κ1) is 71.0. The summed E-state index contributed by atoms with van der Waals surface area (Å²) in [4.78, 5) is 0. The van der Waals surface area contributed by atoms with Crippen molar-refractivity contribution < 1.29 is 0 Å². The van der Waals surface area contributed by atoms with E-state index >= 15 is 0 Å². The van der Waals surface area contributed by atoms with E-state index in [1.165, 1.54) is 73.9 Å². The molecule has 1 spiro atoms. The zero-order valence-electron chi connectivity index (χ0n) is 27.6. The van der Waals surface area contributed by atoms with Crippen molar-refractivity contribution in [3.8, 4) is 0 Å². The quantitative estimate of drug-likeness (QED) is 0.0770. The second-order valence-electron chi connectivity index (χ2n) is 6.92. The summed E-state index contributed by atoms with van der Waals surface area (Å²) in [5, 5.41) is 12.9. The van der Waals surface area contributed by atoms with Gasteiger partial charge in [0.05, 0.1) is 3.91 Å². The van der Waals surface area contributed by atoms with Crippen LogP contribution in [-0.4, -0.2) is 154 Å². The summed E-state index contributed by atoms with van der Waals surface area (Å²) in [6.07, 6.45) is 6.57. The van der Waals surface area contributed by atoms with E-state index in [0.717, 1.165) is 3.91 Å². The van der Waals surface area contributed by atoms with Crippen LogP contribution >= 0.6 is 218 Å². The van der Waals surface area contributed by atoms with Crippen molar-refractivity contribution in [2.45, 2.75) is 64.1 Å². The second-order valence-corrected chi connectivity index (χ2v) is 64.8. The van der Waals surface area contributed by atoms with E-state index in [4.69, 9.17) is 0 Å². The molecule has 0 aromatic heterocycles. The van der Waals surface area contributed by atoms with Crippen LogP contribution in [0.4, 0.5) is 0 Å². The zero-order chi connectivity index (χ0) is 34.2. The van der Waals surface area contributed by atoms with Gasteiger partial charge in [0, 0.05) is 45.8 Å². The Balaban J connectivity index is -0.000000122. The molecule has 0 N–H and O–H groups in total. The summed E-state index contributed by atoms with van der Waals surface area (Å²) in [5.74, 6) is 5.04. The monoisotopic (exact) mass is 1390 g/mol. The first-order chi connectivity index (χ1) is 22.6. The SMILES string of the molecule is C.C.C.C.C1SC2(S1)SCS2.C1SCSCSCS1.C1[S][Sn][S]1.CCSCSC(SCSCC)SCSCC.CC[S][Sn][S]C.C[S][Sn][S]C. The first-order valence-corrected chi connectivity index (χ1v) is 56.5. The Morgan fingerprint density at radius 3 is 0.980 bits per heavy atom. The molecule has 0 atom stereocenters. The molecule has 0 aromatic carbocycles. The van der Waals surface area contributed by atoms with Crippen LogP contribution in [-0.2, 0) is 0 Å². The molecule has 306 valence electrons. The van der Waals surface area contributed by atoms with E-state index in [9.17, 15) is 0 Å². The van der Waals surface area contributed by atoms with Crippen molar-refractivity contribution in [1.82, 2.24) is 0 Å². The Morgan fingerprint density at radius 2 is 0.840 bits per heavy atom. The summed E-state index contributed by atoms with van der Waals surface area (Å²) >= 11 is 29.3. The molecule has 4 fully saturated rings. The van der Waals surface area contributed by atoms with Crippen LogP contribution in [0.3, 0.4) is 0 Å². The molecule has 4 aliphatic heterocycles. The van der Waals surface area contributed by atoms with Gasteiger partial charge in [0.1, 0.15) is 0 Å². The van der Waals surface area contributed by atoms with Crippen molar-refractivity contribution in [2.24, 2.45) is 0 Å². The van der Waals surface area contributed by atoms with E-state index in [1.54, 1.807) is 0 Å². The number of thioether (sulfide) groups is 14. The van der Waals surface area contributed by atoms with Crippen LogP contribution in [0.1, 0.15) is 57.4 Å². The van der Waals surface area contributed by atoms with Gasteiger partial charge >= 0.3 is 145 Å². The van der Waals surface area contributed by atoms with Crippen LogP contribution in [0.25, 0.3) is 0 Å². The van der Waals surface area contributed by atoms with Crippen LogP contribution < -0.4 is 0 Å². The molecule has 0 amide bonds. The van der Waals surface area contributed by atoms with Gasteiger partial charge in [0.15, 0.2) is 2.74 Å². The molecule has 0 aliphatic carbocycles. The van der Waals surface area contributed by atoms with E-state index in [0.29, 0.717) is 2.74 Å². The molecule has 50 heavy (non-hydrogen) atoms. The first-order valence-electron chi connectivity index (χ1n) is 13.7. The number of hydrogen-bond donors (Lipinski definition) is 0. The third-order valence-corrected chi connectivity index (χ3v) is 59.9. The molecular formula is C27H66S20Sn3. The van der Waals surface area contributed by atoms with E-state index in [-0.39, 0.29) is 84.8 Å². The molecule has 4 rings (SSSR count). The van der Waals surface area contributed by atoms with Crippen molar-refractivity contribution in [1.29, 1.82) is 0 Å². The topological polar surface area (TPSA) is 0 Å². The summed E-state index contributed by atoms with van der Waals surface area (Å²) in [6.45, 7) is 8.93. The molecule has 4 heterocycles.